The van der Waals surface area contributed by atoms with Crippen LogP contribution < -0.4 is 5.73 Å². The number of anilines is 1. The second kappa shape index (κ2) is 4.29. The molecule has 0 spiro atoms. The highest BCUT2D eigenvalue weighted by molar-refractivity contribution is 5.53. The van der Waals surface area contributed by atoms with Crippen LogP contribution in [0.15, 0.2) is 55.0 Å². The molecule has 0 bridgehead atoms. The van der Waals surface area contributed by atoms with E-state index < -0.39 is 0 Å². The summed E-state index contributed by atoms with van der Waals surface area (Å²) in [6.07, 6.45) is 5.29. The molecule has 0 unspecified atom stereocenters. The number of pyridine rings is 2. The number of nitrogens with two attached hydrogens (primary N) is 1. The van der Waals surface area contributed by atoms with E-state index in [-0.39, 0.29) is 0 Å². The molecular weight excluding hydrogens is 226 g/mol. The van der Waals surface area contributed by atoms with Crippen LogP contribution in [0, 0.1) is 0 Å². The molecule has 0 saturated carbocycles. The molecule has 0 amide bonds. The summed E-state index contributed by atoms with van der Waals surface area (Å²) < 4.78 is 1.86. The molecule has 0 atom stereocenters. The molecule has 0 radical (unpaired) electrons. The van der Waals surface area contributed by atoms with E-state index in [4.69, 9.17) is 5.73 Å². The lowest BCUT2D eigenvalue weighted by Gasteiger charge is -2.06. The van der Waals surface area contributed by atoms with E-state index in [1.807, 2.05) is 41.1 Å². The van der Waals surface area contributed by atoms with E-state index in [1.165, 1.54) is 0 Å². The van der Waals surface area contributed by atoms with E-state index >= 15 is 0 Å². The fourth-order valence-electron chi connectivity index (χ4n) is 1.75. The minimum atomic E-state index is 0.480. The molecule has 0 aliphatic rings. The average molecular weight is 237 g/mol. The maximum Gasteiger partial charge on any atom is 0.164 e. The first-order chi connectivity index (χ1) is 8.84. The van der Waals surface area contributed by atoms with Crippen LogP contribution in [0.2, 0.25) is 0 Å². The van der Waals surface area contributed by atoms with Crippen LogP contribution in [-0.4, -0.2) is 19.5 Å². The van der Waals surface area contributed by atoms with Crippen molar-refractivity contribution in [2.24, 2.45) is 0 Å². The minimum absolute atomic E-state index is 0.480. The van der Waals surface area contributed by atoms with Crippen molar-refractivity contribution in [3.63, 3.8) is 0 Å². The standard InChI is InChI=1S/C13H11N5/c14-11-5-3-6-12(17-11)18-9-8-16-13(18)10-4-1-2-7-15-10/h1-9H,(H2,14,17). The number of imidazole rings is 1. The van der Waals surface area contributed by atoms with E-state index in [0.29, 0.717) is 5.82 Å². The van der Waals surface area contributed by atoms with Gasteiger partial charge >= 0.3 is 0 Å². The SMILES string of the molecule is Nc1cccc(-n2ccnc2-c2ccccn2)n1. The zero-order chi connectivity index (χ0) is 12.4. The Bertz CT molecular complexity index is 660. The van der Waals surface area contributed by atoms with Gasteiger partial charge in [0.1, 0.15) is 17.3 Å². The Hall–Kier alpha value is -2.69. The Balaban J connectivity index is 2.13. The summed E-state index contributed by atoms with van der Waals surface area (Å²) in [5.41, 5.74) is 6.49. The summed E-state index contributed by atoms with van der Waals surface area (Å²) in [4.78, 5) is 12.9. The van der Waals surface area contributed by atoms with Crippen LogP contribution in [-0.2, 0) is 0 Å². The van der Waals surface area contributed by atoms with Crippen molar-refractivity contribution < 1.29 is 0 Å². The normalized spacial score (nSPS) is 10.4. The van der Waals surface area contributed by atoms with Crippen molar-refractivity contribution in [2.45, 2.75) is 0 Å². The molecule has 2 N–H and O–H groups in total. The van der Waals surface area contributed by atoms with E-state index in [1.54, 1.807) is 18.5 Å². The molecular formula is C13H11N5. The number of nitrogens with zero attached hydrogens (tertiary/aromatic N) is 4. The van der Waals surface area contributed by atoms with Crippen LogP contribution in [0.25, 0.3) is 17.3 Å². The Morgan fingerprint density at radius 3 is 2.67 bits per heavy atom. The lowest BCUT2D eigenvalue weighted by Crippen LogP contribution is -2.01. The van der Waals surface area contributed by atoms with Gasteiger partial charge in [0, 0.05) is 18.6 Å². The Morgan fingerprint density at radius 1 is 0.944 bits per heavy atom. The monoisotopic (exact) mass is 237 g/mol. The summed E-state index contributed by atoms with van der Waals surface area (Å²) in [7, 11) is 0. The van der Waals surface area contributed by atoms with E-state index in [9.17, 15) is 0 Å². The smallest absolute Gasteiger partial charge is 0.164 e. The minimum Gasteiger partial charge on any atom is -0.384 e. The number of aromatic nitrogens is 4. The van der Waals surface area contributed by atoms with Crippen molar-refractivity contribution in [3.05, 3.63) is 55.0 Å². The van der Waals surface area contributed by atoms with Gasteiger partial charge in [0.15, 0.2) is 5.82 Å². The highest BCUT2D eigenvalue weighted by Crippen LogP contribution is 2.18. The second-order valence-electron chi connectivity index (χ2n) is 3.76. The third kappa shape index (κ3) is 1.82. The van der Waals surface area contributed by atoms with Gasteiger partial charge in [-0.2, -0.15) is 0 Å². The lowest BCUT2D eigenvalue weighted by molar-refractivity contribution is 0.996. The van der Waals surface area contributed by atoms with Gasteiger partial charge in [0.25, 0.3) is 0 Å². The summed E-state index contributed by atoms with van der Waals surface area (Å²) >= 11 is 0. The largest absolute Gasteiger partial charge is 0.384 e. The van der Waals surface area contributed by atoms with E-state index in [0.717, 1.165) is 17.3 Å². The van der Waals surface area contributed by atoms with E-state index in [2.05, 4.69) is 15.0 Å². The van der Waals surface area contributed by atoms with Gasteiger partial charge in [0.05, 0.1) is 0 Å². The molecule has 0 saturated heterocycles. The number of rotatable bonds is 2. The van der Waals surface area contributed by atoms with Gasteiger partial charge in [-0.15, -0.1) is 0 Å². The average Bonchev–Trinajstić information content (AvgIpc) is 2.89. The van der Waals surface area contributed by atoms with Crippen molar-refractivity contribution in [1.29, 1.82) is 0 Å². The summed E-state index contributed by atoms with van der Waals surface area (Å²) in [6.45, 7) is 0. The van der Waals surface area contributed by atoms with Gasteiger partial charge in [-0.05, 0) is 24.3 Å². The van der Waals surface area contributed by atoms with Crippen molar-refractivity contribution >= 4 is 5.82 Å². The topological polar surface area (TPSA) is 69.6 Å². The Morgan fingerprint density at radius 2 is 1.89 bits per heavy atom. The predicted molar refractivity (Wildman–Crippen MR) is 69.0 cm³/mol. The number of hydrogen-bond acceptors (Lipinski definition) is 4. The second-order valence-corrected chi connectivity index (χ2v) is 3.76. The fraction of sp³-hybridized carbons (Fsp3) is 0. The van der Waals surface area contributed by atoms with Gasteiger partial charge < -0.3 is 5.73 Å². The molecule has 5 nitrogen and oxygen atoms in total. The Labute approximate surface area is 104 Å². The van der Waals surface area contributed by atoms with Crippen molar-refractivity contribution in [2.75, 3.05) is 5.73 Å². The highest BCUT2D eigenvalue weighted by atomic mass is 15.1. The quantitative estimate of drug-likeness (QED) is 0.739. The first kappa shape index (κ1) is 10.5. The molecule has 3 heterocycles. The molecule has 88 valence electrons. The molecule has 3 rings (SSSR count). The molecule has 18 heavy (non-hydrogen) atoms. The van der Waals surface area contributed by atoms with Crippen LogP contribution in [0.5, 0.6) is 0 Å². The molecule has 3 aromatic heterocycles. The predicted octanol–water partition coefficient (Wildman–Crippen LogP) is 1.91. The first-order valence-corrected chi connectivity index (χ1v) is 5.52. The van der Waals surface area contributed by atoms with Gasteiger partial charge in [0.2, 0.25) is 0 Å². The van der Waals surface area contributed by atoms with Gasteiger partial charge in [-0.3, -0.25) is 9.55 Å². The van der Waals surface area contributed by atoms with Gasteiger partial charge in [-0.1, -0.05) is 12.1 Å². The summed E-state index contributed by atoms with van der Waals surface area (Å²) in [5.74, 6) is 1.95. The maximum atomic E-state index is 5.69. The van der Waals surface area contributed by atoms with Crippen LogP contribution in [0.1, 0.15) is 0 Å². The van der Waals surface area contributed by atoms with Crippen LogP contribution in [0.3, 0.4) is 0 Å². The molecule has 5 heteroatoms. The number of nitrogen functional groups attached to an aromatic ring is 1. The summed E-state index contributed by atoms with van der Waals surface area (Å²) in [5, 5.41) is 0. The first-order valence-electron chi connectivity index (χ1n) is 5.52. The zero-order valence-corrected chi connectivity index (χ0v) is 9.56. The molecule has 0 aliphatic carbocycles. The lowest BCUT2D eigenvalue weighted by atomic mass is 10.3. The Kier molecular flexibility index (Phi) is 2.49. The van der Waals surface area contributed by atoms with Crippen molar-refractivity contribution in [3.8, 4) is 17.3 Å². The highest BCUT2D eigenvalue weighted by Gasteiger charge is 2.09. The maximum absolute atomic E-state index is 5.69. The number of hydrogen-bond donors (Lipinski definition) is 1. The fourth-order valence-corrected chi connectivity index (χ4v) is 1.75. The zero-order valence-electron chi connectivity index (χ0n) is 9.56. The van der Waals surface area contributed by atoms with Crippen LogP contribution in [0.4, 0.5) is 5.82 Å². The van der Waals surface area contributed by atoms with Gasteiger partial charge in [-0.25, -0.2) is 9.97 Å². The third-order valence-corrected chi connectivity index (χ3v) is 2.54. The molecule has 0 aromatic carbocycles. The van der Waals surface area contributed by atoms with Crippen LogP contribution >= 0.6 is 0 Å². The third-order valence-electron chi connectivity index (χ3n) is 2.54. The summed E-state index contributed by atoms with van der Waals surface area (Å²) in [6, 6.07) is 11.2. The molecule has 3 aromatic rings. The van der Waals surface area contributed by atoms with Crippen molar-refractivity contribution in [1.82, 2.24) is 19.5 Å². The molecule has 0 aliphatic heterocycles. The molecule has 0 fully saturated rings.